The first kappa shape index (κ1) is 21.1. The van der Waals surface area contributed by atoms with E-state index in [1.807, 2.05) is 36.4 Å². The summed E-state index contributed by atoms with van der Waals surface area (Å²) in [6.45, 7) is 0. The van der Waals surface area contributed by atoms with E-state index in [0.29, 0.717) is 10.8 Å². The lowest BCUT2D eigenvalue weighted by Crippen LogP contribution is -2.00. The van der Waals surface area contributed by atoms with Gasteiger partial charge in [-0.05, 0) is 73.0 Å². The summed E-state index contributed by atoms with van der Waals surface area (Å²) < 4.78 is 2.36. The number of aromatic nitrogens is 3. The molecule has 0 aliphatic heterocycles. The second-order valence-corrected chi connectivity index (χ2v) is 9.56. The van der Waals surface area contributed by atoms with Crippen LogP contribution in [0.4, 0.5) is 0 Å². The summed E-state index contributed by atoms with van der Waals surface area (Å²) >= 11 is 6.33. The highest BCUT2D eigenvalue weighted by Gasteiger charge is 2.18. The van der Waals surface area contributed by atoms with E-state index in [0.717, 1.165) is 46.3 Å². The van der Waals surface area contributed by atoms with Crippen molar-refractivity contribution < 1.29 is 0 Å². The molecule has 0 N–H and O–H groups in total. The second-order valence-electron chi connectivity index (χ2n) is 9.13. The number of halogens is 1. The van der Waals surface area contributed by atoms with Crippen molar-refractivity contribution in [2.45, 2.75) is 12.8 Å². The van der Waals surface area contributed by atoms with E-state index < -0.39 is 0 Å². The maximum absolute atomic E-state index is 6.33. The molecule has 172 valence electrons. The Hall–Kier alpha value is -4.21. The number of benzene rings is 4. The number of nitrogens with zero attached hydrogens (tertiary/aromatic N) is 3. The van der Waals surface area contributed by atoms with Crippen molar-refractivity contribution in [2.24, 2.45) is 0 Å². The zero-order chi connectivity index (χ0) is 24.1. The maximum Gasteiger partial charge on any atom is 0.160 e. The highest BCUT2D eigenvalue weighted by Crippen LogP contribution is 2.35. The van der Waals surface area contributed by atoms with Gasteiger partial charge in [-0.3, -0.25) is 0 Å². The largest absolute Gasteiger partial charge is 0.310 e. The van der Waals surface area contributed by atoms with Crippen LogP contribution in [-0.4, -0.2) is 14.5 Å². The summed E-state index contributed by atoms with van der Waals surface area (Å²) in [5.41, 5.74) is 8.88. The minimum atomic E-state index is 0.678. The quantitative estimate of drug-likeness (QED) is 0.252. The molecule has 6 aromatic rings. The third-order valence-electron chi connectivity index (χ3n) is 6.95. The van der Waals surface area contributed by atoms with E-state index in [-0.39, 0.29) is 0 Å². The molecule has 1 aliphatic carbocycles. The van der Waals surface area contributed by atoms with Crippen molar-refractivity contribution in [2.75, 3.05) is 0 Å². The fourth-order valence-corrected chi connectivity index (χ4v) is 5.44. The molecule has 4 aromatic carbocycles. The summed E-state index contributed by atoms with van der Waals surface area (Å²) in [5, 5.41) is 2.97. The summed E-state index contributed by atoms with van der Waals surface area (Å²) in [4.78, 5) is 9.90. The van der Waals surface area contributed by atoms with Gasteiger partial charge in [0.1, 0.15) is 0 Å². The Labute approximate surface area is 214 Å². The molecule has 0 bridgehead atoms. The van der Waals surface area contributed by atoms with Gasteiger partial charge in [-0.15, -0.1) is 0 Å². The van der Waals surface area contributed by atoms with Gasteiger partial charge in [0.05, 0.1) is 16.7 Å². The highest BCUT2D eigenvalue weighted by atomic mass is 35.5. The Morgan fingerprint density at radius 3 is 2.39 bits per heavy atom. The number of rotatable bonds is 3. The molecule has 0 saturated carbocycles. The van der Waals surface area contributed by atoms with E-state index in [1.54, 1.807) is 0 Å². The van der Waals surface area contributed by atoms with Crippen molar-refractivity contribution in [3.8, 4) is 28.3 Å². The molecule has 1 aliphatic rings. The molecule has 7 rings (SSSR count). The maximum atomic E-state index is 6.33. The van der Waals surface area contributed by atoms with Gasteiger partial charge in [0.2, 0.25) is 0 Å². The fourth-order valence-electron chi connectivity index (χ4n) is 5.27. The van der Waals surface area contributed by atoms with E-state index in [4.69, 9.17) is 21.6 Å². The predicted molar refractivity (Wildman–Crippen MR) is 150 cm³/mol. The Balaban J connectivity index is 1.37. The lowest BCUT2D eigenvalue weighted by molar-refractivity contribution is 0.967. The highest BCUT2D eigenvalue weighted by molar-refractivity contribution is 6.31. The minimum Gasteiger partial charge on any atom is -0.310 e. The molecule has 0 fully saturated rings. The molecule has 0 unspecified atom stereocenters. The number of allylic oxidation sites excluding steroid dienone is 1. The van der Waals surface area contributed by atoms with Crippen molar-refractivity contribution in [3.05, 3.63) is 119 Å². The third-order valence-corrected chi connectivity index (χ3v) is 7.18. The third kappa shape index (κ3) is 3.43. The van der Waals surface area contributed by atoms with Crippen LogP contribution in [0.25, 0.3) is 56.2 Å². The normalized spacial score (nSPS) is 12.8. The molecule has 4 heteroatoms. The molecule has 2 heterocycles. The number of hydrogen-bond donors (Lipinski definition) is 0. The monoisotopic (exact) mass is 483 g/mol. The Kier molecular flexibility index (Phi) is 4.97. The van der Waals surface area contributed by atoms with Crippen LogP contribution in [0.5, 0.6) is 0 Å². The standard InChI is InChI=1S/C32H22ClN3/c33-23-16-19-28-27(20-23)31(21-8-2-1-3-9-21)35-32(34-28)22-14-17-24(18-15-22)36-29-12-6-4-10-25(29)26-11-5-7-13-30(26)36/h1-4,6-10,12-20H,5,11H2. The first-order valence-corrected chi connectivity index (χ1v) is 12.6. The zero-order valence-electron chi connectivity index (χ0n) is 19.5. The molecule has 3 nitrogen and oxygen atoms in total. The first-order chi connectivity index (χ1) is 17.8. The van der Waals surface area contributed by atoms with Crippen LogP contribution in [0.2, 0.25) is 5.02 Å². The minimum absolute atomic E-state index is 0.678. The Bertz CT molecular complexity index is 1780. The van der Waals surface area contributed by atoms with E-state index >= 15 is 0 Å². The number of fused-ring (bicyclic) bond motifs is 4. The van der Waals surface area contributed by atoms with Gasteiger partial charge in [0, 0.05) is 38.3 Å². The van der Waals surface area contributed by atoms with Crippen molar-refractivity contribution >= 4 is 39.5 Å². The lowest BCUT2D eigenvalue weighted by atomic mass is 10.0. The molecule has 36 heavy (non-hydrogen) atoms. The van der Waals surface area contributed by atoms with E-state index in [9.17, 15) is 0 Å². The smallest absolute Gasteiger partial charge is 0.160 e. The number of para-hydroxylation sites is 1. The Morgan fingerprint density at radius 1 is 0.722 bits per heavy atom. The Morgan fingerprint density at radius 2 is 1.53 bits per heavy atom. The molecule has 0 saturated heterocycles. The molecule has 0 atom stereocenters. The topological polar surface area (TPSA) is 30.7 Å². The molecular weight excluding hydrogens is 462 g/mol. The fraction of sp³-hybridized carbons (Fsp3) is 0.0625. The number of hydrogen-bond acceptors (Lipinski definition) is 2. The van der Waals surface area contributed by atoms with Crippen molar-refractivity contribution in [3.63, 3.8) is 0 Å². The predicted octanol–water partition coefficient (Wildman–Crippen LogP) is 8.52. The average Bonchev–Trinajstić information content (AvgIpc) is 3.27. The molecule has 2 aromatic heterocycles. The van der Waals surface area contributed by atoms with Crippen LogP contribution in [0.3, 0.4) is 0 Å². The second kappa shape index (κ2) is 8.47. The van der Waals surface area contributed by atoms with E-state index in [2.05, 4.69) is 77.4 Å². The van der Waals surface area contributed by atoms with Gasteiger partial charge in [-0.25, -0.2) is 9.97 Å². The van der Waals surface area contributed by atoms with E-state index in [1.165, 1.54) is 22.2 Å². The first-order valence-electron chi connectivity index (χ1n) is 12.2. The van der Waals surface area contributed by atoms with Gasteiger partial charge in [-0.2, -0.15) is 0 Å². The summed E-state index contributed by atoms with van der Waals surface area (Å²) in [7, 11) is 0. The molecule has 0 amide bonds. The van der Waals surface area contributed by atoms with Gasteiger partial charge in [0.15, 0.2) is 5.82 Å². The lowest BCUT2D eigenvalue weighted by Gasteiger charge is -2.13. The average molecular weight is 484 g/mol. The van der Waals surface area contributed by atoms with Crippen molar-refractivity contribution in [1.29, 1.82) is 0 Å². The van der Waals surface area contributed by atoms with Crippen LogP contribution < -0.4 is 0 Å². The van der Waals surface area contributed by atoms with Crippen molar-refractivity contribution in [1.82, 2.24) is 14.5 Å². The summed E-state index contributed by atoms with van der Waals surface area (Å²) in [5.74, 6) is 0.703. The van der Waals surface area contributed by atoms with Gasteiger partial charge < -0.3 is 4.57 Å². The van der Waals surface area contributed by atoms with Crippen LogP contribution in [0, 0.1) is 0 Å². The number of aryl methyl sites for hydroxylation is 1. The summed E-state index contributed by atoms with van der Waals surface area (Å²) in [6.07, 6.45) is 6.70. The molecule has 0 spiro atoms. The van der Waals surface area contributed by atoms with Gasteiger partial charge in [0.25, 0.3) is 0 Å². The van der Waals surface area contributed by atoms with Crippen LogP contribution >= 0.6 is 11.6 Å². The van der Waals surface area contributed by atoms with Crippen LogP contribution in [0.1, 0.15) is 17.7 Å². The molecule has 0 radical (unpaired) electrons. The van der Waals surface area contributed by atoms with Gasteiger partial charge >= 0.3 is 0 Å². The van der Waals surface area contributed by atoms with Crippen LogP contribution in [-0.2, 0) is 6.42 Å². The summed E-state index contributed by atoms with van der Waals surface area (Å²) in [6, 6.07) is 33.3. The SMILES string of the molecule is Clc1ccc2nc(-c3ccc(-n4c5c(c6ccccc64)CCC=C5)cc3)nc(-c3ccccc3)c2c1. The van der Waals surface area contributed by atoms with Gasteiger partial charge in [-0.1, -0.05) is 66.2 Å². The zero-order valence-corrected chi connectivity index (χ0v) is 20.3. The van der Waals surface area contributed by atoms with Crippen LogP contribution in [0.15, 0.2) is 103 Å². The molecular formula is C32H22ClN3.